The second kappa shape index (κ2) is 8.25. The molecular weight excluding hydrogens is 321 g/mol. The van der Waals surface area contributed by atoms with E-state index in [4.69, 9.17) is 10.2 Å². The van der Waals surface area contributed by atoms with Gasteiger partial charge in [-0.3, -0.25) is 4.79 Å². The maximum absolute atomic E-state index is 13.8. The van der Waals surface area contributed by atoms with E-state index >= 15 is 0 Å². The maximum atomic E-state index is 13.8. The molecule has 1 aromatic heterocycles. The summed E-state index contributed by atoms with van der Waals surface area (Å²) in [5.74, 6) is 0.741. The van der Waals surface area contributed by atoms with Gasteiger partial charge in [0.25, 0.3) is 0 Å². The molecule has 6 heteroatoms. The Labute approximate surface area is 147 Å². The average Bonchev–Trinajstić information content (AvgIpc) is 3.01. The summed E-state index contributed by atoms with van der Waals surface area (Å²) in [4.78, 5) is 16.3. The Bertz CT molecular complexity index is 714. The molecule has 0 aliphatic heterocycles. The number of carbonyl (C=O) groups is 1. The van der Waals surface area contributed by atoms with Crippen LogP contribution < -0.4 is 11.1 Å². The molecule has 2 aromatic rings. The quantitative estimate of drug-likeness (QED) is 0.768. The summed E-state index contributed by atoms with van der Waals surface area (Å²) in [6.07, 6.45) is 2.88. The molecule has 25 heavy (non-hydrogen) atoms. The molecule has 0 fully saturated rings. The molecule has 2 rings (SSSR count). The predicted molar refractivity (Wildman–Crippen MR) is 95.3 cm³/mol. The lowest BCUT2D eigenvalue weighted by molar-refractivity contribution is -0.123. The molecule has 0 bridgehead atoms. The summed E-state index contributed by atoms with van der Waals surface area (Å²) in [7, 11) is 0. The molecule has 0 aliphatic carbocycles. The lowest BCUT2D eigenvalue weighted by atomic mass is 9.90. The second-order valence-corrected chi connectivity index (χ2v) is 7.01. The van der Waals surface area contributed by atoms with Crippen LogP contribution in [0.25, 0.3) is 11.3 Å². The van der Waals surface area contributed by atoms with E-state index < -0.39 is 5.54 Å². The van der Waals surface area contributed by atoms with Crippen LogP contribution in [-0.2, 0) is 11.2 Å². The van der Waals surface area contributed by atoms with Crippen LogP contribution >= 0.6 is 0 Å². The van der Waals surface area contributed by atoms with Gasteiger partial charge in [0, 0.05) is 24.9 Å². The van der Waals surface area contributed by atoms with Crippen molar-refractivity contribution in [3.63, 3.8) is 0 Å². The number of rotatable bonds is 8. The van der Waals surface area contributed by atoms with Gasteiger partial charge in [-0.2, -0.15) is 0 Å². The van der Waals surface area contributed by atoms with Crippen molar-refractivity contribution in [2.45, 2.75) is 45.6 Å². The largest absolute Gasteiger partial charge is 0.441 e. The molecule has 1 unspecified atom stereocenters. The van der Waals surface area contributed by atoms with Gasteiger partial charge in [-0.1, -0.05) is 26.0 Å². The summed E-state index contributed by atoms with van der Waals surface area (Å²) < 4.78 is 19.3. The minimum absolute atomic E-state index is 0.0979. The first-order valence-electron chi connectivity index (χ1n) is 8.53. The zero-order valence-corrected chi connectivity index (χ0v) is 15.0. The van der Waals surface area contributed by atoms with Gasteiger partial charge in [-0.05, 0) is 31.4 Å². The lowest BCUT2D eigenvalue weighted by Crippen LogP contribution is -2.52. The fraction of sp³-hybridized carbons (Fsp3) is 0.474. The zero-order chi connectivity index (χ0) is 18.4. The Morgan fingerprint density at radius 2 is 2.12 bits per heavy atom. The number of benzene rings is 1. The summed E-state index contributed by atoms with van der Waals surface area (Å²) in [5, 5.41) is 3.00. The number of aromatic nitrogens is 1. The van der Waals surface area contributed by atoms with Crippen molar-refractivity contribution in [1.82, 2.24) is 10.3 Å². The molecule has 1 atom stereocenters. The number of nitrogens with zero attached hydrogens (tertiary/aromatic N) is 1. The molecule has 0 radical (unpaired) electrons. The normalized spacial score (nSPS) is 13.7. The van der Waals surface area contributed by atoms with E-state index in [0.29, 0.717) is 36.1 Å². The van der Waals surface area contributed by atoms with Crippen LogP contribution in [0.15, 0.2) is 34.9 Å². The van der Waals surface area contributed by atoms with Gasteiger partial charge in [-0.15, -0.1) is 0 Å². The number of hydrogen-bond acceptors (Lipinski definition) is 4. The minimum Gasteiger partial charge on any atom is -0.441 e. The Balaban J connectivity index is 1.94. The number of oxazole rings is 1. The molecule has 0 saturated carbocycles. The van der Waals surface area contributed by atoms with E-state index in [0.717, 1.165) is 6.42 Å². The predicted octanol–water partition coefficient (Wildman–Crippen LogP) is 3.29. The van der Waals surface area contributed by atoms with Gasteiger partial charge < -0.3 is 15.5 Å². The van der Waals surface area contributed by atoms with Crippen molar-refractivity contribution in [3.8, 4) is 11.3 Å². The first-order chi connectivity index (χ1) is 11.8. The Morgan fingerprint density at radius 1 is 1.40 bits per heavy atom. The van der Waals surface area contributed by atoms with Crippen molar-refractivity contribution in [2.24, 2.45) is 11.7 Å². The van der Waals surface area contributed by atoms with Crippen molar-refractivity contribution >= 4 is 5.91 Å². The monoisotopic (exact) mass is 347 g/mol. The molecule has 1 amide bonds. The summed E-state index contributed by atoms with van der Waals surface area (Å²) in [6.45, 7) is 6.52. The number of carbonyl (C=O) groups excluding carboxylic acids is 1. The molecule has 3 N–H and O–H groups in total. The molecule has 5 nitrogen and oxygen atoms in total. The fourth-order valence-corrected chi connectivity index (χ4v) is 2.92. The van der Waals surface area contributed by atoms with E-state index in [2.05, 4.69) is 24.1 Å². The van der Waals surface area contributed by atoms with E-state index in [-0.39, 0.29) is 18.1 Å². The molecule has 0 aliphatic rings. The van der Waals surface area contributed by atoms with Crippen LogP contribution in [-0.4, -0.2) is 23.0 Å². The summed E-state index contributed by atoms with van der Waals surface area (Å²) in [6, 6.07) is 6.35. The molecule has 0 spiro atoms. The lowest BCUT2D eigenvalue weighted by Gasteiger charge is -2.31. The van der Waals surface area contributed by atoms with Crippen LogP contribution in [0.4, 0.5) is 4.39 Å². The average molecular weight is 347 g/mol. The third-order valence-corrected chi connectivity index (χ3v) is 4.01. The van der Waals surface area contributed by atoms with Crippen LogP contribution in [0, 0.1) is 11.7 Å². The number of hydrogen-bond donors (Lipinski definition) is 2. The van der Waals surface area contributed by atoms with Gasteiger partial charge in [0.15, 0.2) is 11.7 Å². The topological polar surface area (TPSA) is 81.1 Å². The fourth-order valence-electron chi connectivity index (χ4n) is 2.92. The van der Waals surface area contributed by atoms with Crippen molar-refractivity contribution in [1.29, 1.82) is 0 Å². The van der Waals surface area contributed by atoms with Gasteiger partial charge in [0.2, 0.25) is 5.91 Å². The van der Waals surface area contributed by atoms with Gasteiger partial charge in [0.05, 0.1) is 11.8 Å². The highest BCUT2D eigenvalue weighted by Crippen LogP contribution is 2.23. The number of nitrogens with two attached hydrogens (primary N) is 1. The van der Waals surface area contributed by atoms with Crippen LogP contribution in [0.1, 0.15) is 39.5 Å². The summed E-state index contributed by atoms with van der Waals surface area (Å²) in [5.41, 5.74) is 5.75. The van der Waals surface area contributed by atoms with E-state index in [9.17, 15) is 9.18 Å². The third kappa shape index (κ3) is 5.39. The Kier molecular flexibility index (Phi) is 6.31. The highest BCUT2D eigenvalue weighted by molar-refractivity contribution is 5.77. The highest BCUT2D eigenvalue weighted by Gasteiger charge is 2.25. The van der Waals surface area contributed by atoms with Crippen molar-refractivity contribution in [3.05, 3.63) is 42.2 Å². The van der Waals surface area contributed by atoms with Crippen LogP contribution in [0.2, 0.25) is 0 Å². The van der Waals surface area contributed by atoms with E-state index in [1.54, 1.807) is 18.2 Å². The molecular formula is C19H26FN3O2. The third-order valence-electron chi connectivity index (χ3n) is 4.01. The maximum Gasteiger partial charge on any atom is 0.220 e. The molecule has 0 saturated heterocycles. The highest BCUT2D eigenvalue weighted by atomic mass is 19.1. The minimum atomic E-state index is -0.416. The van der Waals surface area contributed by atoms with E-state index in [1.165, 1.54) is 12.3 Å². The van der Waals surface area contributed by atoms with Crippen molar-refractivity contribution in [2.75, 3.05) is 6.54 Å². The van der Waals surface area contributed by atoms with Crippen LogP contribution in [0.3, 0.4) is 0 Å². The first-order valence-corrected chi connectivity index (χ1v) is 8.53. The first kappa shape index (κ1) is 19.1. The van der Waals surface area contributed by atoms with Gasteiger partial charge in [-0.25, -0.2) is 9.37 Å². The molecule has 136 valence electrons. The number of nitrogens with one attached hydrogen (secondary N) is 1. The van der Waals surface area contributed by atoms with Crippen molar-refractivity contribution < 1.29 is 13.6 Å². The number of aryl methyl sites for hydroxylation is 1. The molecule has 1 aromatic carbocycles. The zero-order valence-electron chi connectivity index (χ0n) is 15.0. The second-order valence-electron chi connectivity index (χ2n) is 7.01. The Morgan fingerprint density at radius 3 is 2.76 bits per heavy atom. The van der Waals surface area contributed by atoms with E-state index in [1.807, 2.05) is 6.92 Å². The van der Waals surface area contributed by atoms with Gasteiger partial charge in [0.1, 0.15) is 5.82 Å². The summed E-state index contributed by atoms with van der Waals surface area (Å²) >= 11 is 0. The van der Waals surface area contributed by atoms with Crippen LogP contribution in [0.5, 0.6) is 0 Å². The number of halogens is 1. The SMILES string of the molecule is CC(C)CC(C)(CN)NC(=O)CCc1ncc(-c2ccccc2F)o1. The van der Waals surface area contributed by atoms with Gasteiger partial charge >= 0.3 is 0 Å². The molecule has 1 heterocycles. The number of amides is 1. The standard InChI is InChI=1S/C19H26FN3O2/c1-13(2)10-19(3,12-21)23-17(24)8-9-18-22-11-16(25-18)14-6-4-5-7-15(14)20/h4-7,11,13H,8-10,12,21H2,1-3H3,(H,23,24). The smallest absolute Gasteiger partial charge is 0.220 e. The Hall–Kier alpha value is -2.21.